The minimum atomic E-state index is -0.140. The third-order valence-electron chi connectivity index (χ3n) is 3.28. The van der Waals surface area contributed by atoms with E-state index in [4.69, 9.17) is 0 Å². The maximum atomic E-state index is 11.9. The van der Waals surface area contributed by atoms with Crippen molar-refractivity contribution in [2.24, 2.45) is 5.92 Å². The van der Waals surface area contributed by atoms with Gasteiger partial charge in [-0.3, -0.25) is 4.79 Å². The summed E-state index contributed by atoms with van der Waals surface area (Å²) in [5.74, 6) is 0.794. The predicted molar refractivity (Wildman–Crippen MR) is 87.7 cm³/mol. The van der Waals surface area contributed by atoms with E-state index in [9.17, 15) is 4.79 Å². The Kier molecular flexibility index (Phi) is 5.47. The molecule has 0 saturated heterocycles. The topological polar surface area (TPSA) is 66.9 Å². The number of hydrogen-bond donors (Lipinski definition) is 2. The van der Waals surface area contributed by atoms with Crippen molar-refractivity contribution in [3.8, 4) is 0 Å². The van der Waals surface area contributed by atoms with Crippen LogP contribution in [0.25, 0.3) is 0 Å². The molecule has 1 heterocycles. The minimum Gasteiger partial charge on any atom is -0.352 e. The van der Waals surface area contributed by atoms with Gasteiger partial charge in [0.15, 0.2) is 0 Å². The molecule has 2 aromatic rings. The van der Waals surface area contributed by atoms with Crippen LogP contribution in [0.4, 0.5) is 5.95 Å². The van der Waals surface area contributed by atoms with Gasteiger partial charge in [-0.25, -0.2) is 9.97 Å². The van der Waals surface area contributed by atoms with Gasteiger partial charge in [-0.05, 0) is 24.0 Å². The van der Waals surface area contributed by atoms with Crippen LogP contribution in [0.5, 0.6) is 0 Å². The third-order valence-corrected chi connectivity index (χ3v) is 3.28. The average molecular weight is 298 g/mol. The molecule has 0 unspecified atom stereocenters. The van der Waals surface area contributed by atoms with E-state index in [1.54, 1.807) is 12.4 Å². The quantitative estimate of drug-likeness (QED) is 0.860. The fourth-order valence-corrected chi connectivity index (χ4v) is 1.92. The zero-order valence-electron chi connectivity index (χ0n) is 13.3. The first kappa shape index (κ1) is 15.9. The predicted octanol–water partition coefficient (Wildman–Crippen LogP) is 2.78. The largest absolute Gasteiger partial charge is 0.352 e. The molecule has 2 rings (SSSR count). The molecule has 0 aliphatic heterocycles. The number of aromatic nitrogens is 2. The monoisotopic (exact) mass is 298 g/mol. The molecular formula is C17H22N4O. The van der Waals surface area contributed by atoms with Crippen LogP contribution in [0.15, 0.2) is 36.7 Å². The van der Waals surface area contributed by atoms with Crippen molar-refractivity contribution in [3.05, 3.63) is 53.3 Å². The van der Waals surface area contributed by atoms with Crippen molar-refractivity contribution in [3.63, 3.8) is 0 Å². The van der Waals surface area contributed by atoms with Crippen molar-refractivity contribution in [1.29, 1.82) is 0 Å². The van der Waals surface area contributed by atoms with Gasteiger partial charge in [0, 0.05) is 25.5 Å². The molecule has 1 amide bonds. The first-order valence-corrected chi connectivity index (χ1v) is 7.45. The van der Waals surface area contributed by atoms with Gasteiger partial charge in [-0.1, -0.05) is 38.1 Å². The Morgan fingerprint density at radius 3 is 2.50 bits per heavy atom. The van der Waals surface area contributed by atoms with Crippen LogP contribution >= 0.6 is 0 Å². The Hall–Kier alpha value is -2.43. The summed E-state index contributed by atoms with van der Waals surface area (Å²) in [5.41, 5.74) is 2.90. The van der Waals surface area contributed by atoms with Crippen molar-refractivity contribution in [1.82, 2.24) is 15.3 Å². The molecule has 0 atom stereocenters. The number of anilines is 1. The van der Waals surface area contributed by atoms with Gasteiger partial charge < -0.3 is 10.6 Å². The summed E-state index contributed by atoms with van der Waals surface area (Å²) in [5, 5.41) is 6.01. The maximum Gasteiger partial charge on any atom is 0.254 e. The van der Waals surface area contributed by atoms with E-state index in [1.807, 2.05) is 12.1 Å². The molecule has 116 valence electrons. The molecular weight excluding hydrogens is 276 g/mol. The zero-order valence-corrected chi connectivity index (χ0v) is 13.3. The molecule has 0 aliphatic rings. The third kappa shape index (κ3) is 4.55. The van der Waals surface area contributed by atoms with E-state index >= 15 is 0 Å². The van der Waals surface area contributed by atoms with Crippen molar-refractivity contribution >= 4 is 11.9 Å². The Morgan fingerprint density at radius 1 is 1.18 bits per heavy atom. The average Bonchev–Trinajstić information content (AvgIpc) is 2.52. The number of benzene rings is 1. The van der Waals surface area contributed by atoms with Gasteiger partial charge in [0.25, 0.3) is 5.91 Å². The summed E-state index contributed by atoms with van der Waals surface area (Å²) in [6.45, 7) is 7.47. The number of nitrogens with one attached hydrogen (secondary N) is 2. The highest BCUT2D eigenvalue weighted by molar-refractivity contribution is 5.93. The summed E-state index contributed by atoms with van der Waals surface area (Å²) in [6.07, 6.45) is 3.09. The molecule has 1 aromatic heterocycles. The molecule has 0 saturated carbocycles. The van der Waals surface area contributed by atoms with E-state index in [0.29, 0.717) is 30.5 Å². The first-order chi connectivity index (χ1) is 10.6. The molecule has 22 heavy (non-hydrogen) atoms. The van der Waals surface area contributed by atoms with Crippen molar-refractivity contribution in [2.45, 2.75) is 27.3 Å². The summed E-state index contributed by atoms with van der Waals surface area (Å²) in [6, 6.07) is 8.16. The van der Waals surface area contributed by atoms with E-state index in [2.05, 4.69) is 53.5 Å². The van der Waals surface area contributed by atoms with Crippen LogP contribution in [-0.2, 0) is 6.54 Å². The summed E-state index contributed by atoms with van der Waals surface area (Å²) in [4.78, 5) is 20.3. The lowest BCUT2D eigenvalue weighted by Gasteiger charge is -2.09. The van der Waals surface area contributed by atoms with Crippen LogP contribution in [0.1, 0.15) is 35.3 Å². The summed E-state index contributed by atoms with van der Waals surface area (Å²) < 4.78 is 0. The number of rotatable bonds is 6. The molecule has 5 heteroatoms. The Labute approximate surface area is 131 Å². The fourth-order valence-electron chi connectivity index (χ4n) is 1.92. The van der Waals surface area contributed by atoms with E-state index in [1.165, 1.54) is 11.1 Å². The lowest BCUT2D eigenvalue weighted by atomic mass is 10.1. The van der Waals surface area contributed by atoms with Gasteiger partial charge >= 0.3 is 0 Å². The van der Waals surface area contributed by atoms with Gasteiger partial charge in [0.1, 0.15) is 0 Å². The zero-order chi connectivity index (χ0) is 15.9. The highest BCUT2D eigenvalue weighted by Gasteiger charge is 2.07. The Morgan fingerprint density at radius 2 is 1.86 bits per heavy atom. The number of amides is 1. The lowest BCUT2D eigenvalue weighted by molar-refractivity contribution is 0.0948. The van der Waals surface area contributed by atoms with Gasteiger partial charge in [0.2, 0.25) is 5.95 Å². The van der Waals surface area contributed by atoms with Gasteiger partial charge in [-0.2, -0.15) is 0 Å². The molecule has 2 N–H and O–H groups in total. The second-order valence-electron chi connectivity index (χ2n) is 5.68. The van der Waals surface area contributed by atoms with E-state index < -0.39 is 0 Å². The molecule has 0 fully saturated rings. The number of hydrogen-bond acceptors (Lipinski definition) is 4. The van der Waals surface area contributed by atoms with Gasteiger partial charge in [-0.15, -0.1) is 0 Å². The number of aryl methyl sites for hydroxylation is 1. The second-order valence-corrected chi connectivity index (χ2v) is 5.68. The van der Waals surface area contributed by atoms with Crippen LogP contribution in [0.3, 0.4) is 0 Å². The van der Waals surface area contributed by atoms with E-state index in [0.717, 1.165) is 0 Å². The Bertz CT molecular complexity index is 623. The molecule has 0 spiro atoms. The number of carbonyl (C=O) groups excluding carboxylic acids is 1. The minimum absolute atomic E-state index is 0.140. The van der Waals surface area contributed by atoms with Crippen LogP contribution in [-0.4, -0.2) is 22.4 Å². The maximum absolute atomic E-state index is 11.9. The second kappa shape index (κ2) is 7.54. The summed E-state index contributed by atoms with van der Waals surface area (Å²) in [7, 11) is 0. The lowest BCUT2D eigenvalue weighted by Crippen LogP contribution is -2.27. The highest BCUT2D eigenvalue weighted by Crippen LogP contribution is 2.09. The SMILES string of the molecule is Cc1ccccc1CNc1ncc(C(=O)NCC(C)C)cn1. The van der Waals surface area contributed by atoms with Crippen LogP contribution < -0.4 is 10.6 Å². The highest BCUT2D eigenvalue weighted by atomic mass is 16.1. The summed E-state index contributed by atoms with van der Waals surface area (Å²) >= 11 is 0. The first-order valence-electron chi connectivity index (χ1n) is 7.45. The van der Waals surface area contributed by atoms with Crippen LogP contribution in [0.2, 0.25) is 0 Å². The van der Waals surface area contributed by atoms with Crippen LogP contribution in [0, 0.1) is 12.8 Å². The molecule has 0 bridgehead atoms. The fraction of sp³-hybridized carbons (Fsp3) is 0.353. The number of nitrogens with zero attached hydrogens (tertiary/aromatic N) is 2. The van der Waals surface area contributed by atoms with Gasteiger partial charge in [0.05, 0.1) is 5.56 Å². The smallest absolute Gasteiger partial charge is 0.254 e. The molecule has 0 radical (unpaired) electrons. The van der Waals surface area contributed by atoms with Crippen molar-refractivity contribution in [2.75, 3.05) is 11.9 Å². The number of carbonyl (C=O) groups is 1. The normalized spacial score (nSPS) is 10.5. The standard InChI is InChI=1S/C17H22N4O/c1-12(2)8-18-16(22)15-10-20-17(21-11-15)19-9-14-7-5-4-6-13(14)3/h4-7,10-12H,8-9H2,1-3H3,(H,18,22)(H,19,20,21). The molecule has 5 nitrogen and oxygen atoms in total. The van der Waals surface area contributed by atoms with E-state index in [-0.39, 0.29) is 5.91 Å². The Balaban J connectivity index is 1.92. The van der Waals surface area contributed by atoms with Crippen molar-refractivity contribution < 1.29 is 4.79 Å². The molecule has 0 aliphatic carbocycles. The molecule has 1 aromatic carbocycles.